The molecule has 0 N–H and O–H groups in total. The first-order chi connectivity index (χ1) is 17.0. The second-order valence-corrected chi connectivity index (χ2v) is 11.1. The number of pyridine rings is 1. The second kappa shape index (κ2) is 11.8. The molecule has 0 radical (unpaired) electrons. The minimum atomic E-state index is 0.503. The van der Waals surface area contributed by atoms with Crippen LogP contribution in [-0.2, 0) is 11.2 Å². The van der Waals surface area contributed by atoms with E-state index in [9.17, 15) is 0 Å². The van der Waals surface area contributed by atoms with E-state index in [4.69, 9.17) is 27.9 Å². The summed E-state index contributed by atoms with van der Waals surface area (Å²) in [6.45, 7) is 9.17. The number of benzene rings is 1. The van der Waals surface area contributed by atoms with Crippen molar-refractivity contribution in [1.29, 1.82) is 0 Å². The molecule has 6 nitrogen and oxygen atoms in total. The number of halogens is 2. The highest BCUT2D eigenvalue weighted by Gasteiger charge is 2.38. The van der Waals surface area contributed by atoms with Crippen LogP contribution in [0.3, 0.4) is 0 Å². The molecule has 0 bridgehead atoms. The number of ether oxygens (including phenoxy) is 1. The highest BCUT2D eigenvalue weighted by molar-refractivity contribution is 6.31. The molecular weight excluding hydrogens is 481 g/mol. The summed E-state index contributed by atoms with van der Waals surface area (Å²) >= 11 is 12.4. The standard InChI is InChI=1S/C27H37Cl2N5O/c1-31-18-25(16-21-2-4-22(28)5-3-21)34(20-26(31)19-32-12-14-35-15-13-32)24-7-10-33(11-8-24)27-17-23(29)6-9-30-27/h2-6,9,17,24-26H,7-8,10-16,18-20H2,1H3/t25-,26-/m0/s1. The Bertz CT molecular complexity index is 947. The van der Waals surface area contributed by atoms with E-state index >= 15 is 0 Å². The van der Waals surface area contributed by atoms with Gasteiger partial charge in [-0.25, -0.2) is 4.98 Å². The predicted octanol–water partition coefficient (Wildman–Crippen LogP) is 3.92. The Morgan fingerprint density at radius 1 is 0.914 bits per heavy atom. The van der Waals surface area contributed by atoms with Crippen molar-refractivity contribution >= 4 is 29.0 Å². The first kappa shape index (κ1) is 25.2. The first-order valence-corrected chi connectivity index (χ1v) is 13.7. The summed E-state index contributed by atoms with van der Waals surface area (Å²) < 4.78 is 5.58. The molecule has 3 fully saturated rings. The van der Waals surface area contributed by atoms with Crippen LogP contribution in [0, 0.1) is 0 Å². The van der Waals surface area contributed by atoms with E-state index in [0.29, 0.717) is 18.1 Å². The average Bonchev–Trinajstić information content (AvgIpc) is 2.88. The number of likely N-dealkylation sites (N-methyl/N-ethyl adjacent to an activating group) is 1. The van der Waals surface area contributed by atoms with Crippen molar-refractivity contribution in [2.24, 2.45) is 0 Å². The molecule has 1 aromatic heterocycles. The van der Waals surface area contributed by atoms with Crippen LogP contribution in [0.4, 0.5) is 5.82 Å². The topological polar surface area (TPSA) is 35.1 Å². The molecule has 0 spiro atoms. The molecule has 1 aromatic carbocycles. The summed E-state index contributed by atoms with van der Waals surface area (Å²) in [5, 5.41) is 1.56. The monoisotopic (exact) mass is 517 g/mol. The molecule has 3 aliphatic rings. The third-order valence-electron chi connectivity index (χ3n) is 7.93. The summed E-state index contributed by atoms with van der Waals surface area (Å²) in [5.74, 6) is 0.997. The smallest absolute Gasteiger partial charge is 0.129 e. The quantitative estimate of drug-likeness (QED) is 0.577. The lowest BCUT2D eigenvalue weighted by Crippen LogP contribution is -2.64. The molecule has 0 aliphatic carbocycles. The van der Waals surface area contributed by atoms with Crippen LogP contribution < -0.4 is 4.90 Å². The minimum absolute atomic E-state index is 0.503. The van der Waals surface area contributed by atoms with E-state index in [0.717, 1.165) is 94.2 Å². The lowest BCUT2D eigenvalue weighted by Gasteiger charge is -2.51. The molecule has 4 heterocycles. The predicted molar refractivity (Wildman–Crippen MR) is 144 cm³/mol. The normalized spacial score (nSPS) is 25.7. The van der Waals surface area contributed by atoms with Gasteiger partial charge in [0.05, 0.1) is 13.2 Å². The van der Waals surface area contributed by atoms with Gasteiger partial charge in [0.15, 0.2) is 0 Å². The van der Waals surface area contributed by atoms with Crippen LogP contribution in [0.1, 0.15) is 18.4 Å². The Hall–Kier alpha value is -1.41. The van der Waals surface area contributed by atoms with Crippen LogP contribution in [0.2, 0.25) is 10.0 Å². The summed E-state index contributed by atoms with van der Waals surface area (Å²) in [6, 6.07) is 13.9. The zero-order valence-electron chi connectivity index (χ0n) is 20.7. The Morgan fingerprint density at radius 3 is 2.37 bits per heavy atom. The van der Waals surface area contributed by atoms with Gasteiger partial charge in [-0.1, -0.05) is 35.3 Å². The van der Waals surface area contributed by atoms with Crippen LogP contribution in [0.5, 0.6) is 0 Å². The van der Waals surface area contributed by atoms with E-state index < -0.39 is 0 Å². The number of aromatic nitrogens is 1. The number of hydrogen-bond acceptors (Lipinski definition) is 6. The Morgan fingerprint density at radius 2 is 1.66 bits per heavy atom. The van der Waals surface area contributed by atoms with Crippen LogP contribution in [0.15, 0.2) is 42.6 Å². The van der Waals surface area contributed by atoms with Gasteiger partial charge in [-0.15, -0.1) is 0 Å². The molecule has 0 amide bonds. The van der Waals surface area contributed by atoms with Gasteiger partial charge in [-0.2, -0.15) is 0 Å². The maximum Gasteiger partial charge on any atom is 0.129 e. The molecule has 2 aromatic rings. The molecule has 3 saturated heterocycles. The first-order valence-electron chi connectivity index (χ1n) is 12.9. The second-order valence-electron chi connectivity index (χ2n) is 10.2. The Kier molecular flexibility index (Phi) is 8.48. The maximum atomic E-state index is 6.23. The van der Waals surface area contributed by atoms with E-state index in [-0.39, 0.29) is 0 Å². The van der Waals surface area contributed by atoms with Gasteiger partial charge in [-0.05, 0) is 56.1 Å². The number of rotatable bonds is 6. The summed E-state index contributed by atoms with van der Waals surface area (Å²) in [4.78, 5) is 15.0. The number of piperazine rings is 1. The van der Waals surface area contributed by atoms with Crippen molar-refractivity contribution in [3.63, 3.8) is 0 Å². The molecule has 3 aliphatic heterocycles. The fourth-order valence-corrected chi connectivity index (χ4v) is 6.19. The Labute approximate surface area is 219 Å². The number of nitrogens with zero attached hydrogens (tertiary/aromatic N) is 5. The maximum absolute atomic E-state index is 6.23. The van der Waals surface area contributed by atoms with Gasteiger partial charge >= 0.3 is 0 Å². The fraction of sp³-hybridized carbons (Fsp3) is 0.593. The third kappa shape index (κ3) is 6.48. The van der Waals surface area contributed by atoms with Crippen molar-refractivity contribution in [2.75, 3.05) is 71.0 Å². The number of morpholine rings is 1. The lowest BCUT2D eigenvalue weighted by molar-refractivity contribution is -0.0214. The van der Waals surface area contributed by atoms with Crippen molar-refractivity contribution < 1.29 is 4.74 Å². The van der Waals surface area contributed by atoms with E-state index in [1.807, 2.05) is 30.5 Å². The minimum Gasteiger partial charge on any atom is -0.379 e. The van der Waals surface area contributed by atoms with Gasteiger partial charge in [0.25, 0.3) is 0 Å². The molecule has 0 unspecified atom stereocenters. The summed E-state index contributed by atoms with van der Waals surface area (Å²) in [7, 11) is 2.31. The summed E-state index contributed by atoms with van der Waals surface area (Å²) in [6.07, 6.45) is 5.17. The van der Waals surface area contributed by atoms with Crippen LogP contribution in [-0.4, -0.2) is 104 Å². The van der Waals surface area contributed by atoms with Crippen molar-refractivity contribution in [3.05, 3.63) is 58.2 Å². The average molecular weight is 519 g/mol. The van der Waals surface area contributed by atoms with Gasteiger partial charge in [0.1, 0.15) is 5.82 Å². The third-order valence-corrected chi connectivity index (χ3v) is 8.42. The van der Waals surface area contributed by atoms with E-state index in [2.05, 4.69) is 43.8 Å². The van der Waals surface area contributed by atoms with Crippen molar-refractivity contribution in [3.8, 4) is 0 Å². The molecular formula is C27H37Cl2N5O. The van der Waals surface area contributed by atoms with Crippen LogP contribution >= 0.6 is 23.2 Å². The SMILES string of the molecule is CN1C[C@H](Cc2ccc(Cl)cc2)N(C2CCN(c3cc(Cl)ccn3)CC2)C[C@@H]1CN1CCOCC1. The van der Waals surface area contributed by atoms with E-state index in [1.54, 1.807) is 0 Å². The zero-order valence-corrected chi connectivity index (χ0v) is 22.2. The molecule has 0 saturated carbocycles. The van der Waals surface area contributed by atoms with Gasteiger partial charge < -0.3 is 9.64 Å². The molecule has 2 atom stereocenters. The van der Waals surface area contributed by atoms with Gasteiger partial charge in [-0.3, -0.25) is 14.7 Å². The molecule has 35 heavy (non-hydrogen) atoms. The molecule has 5 rings (SSSR count). The molecule has 8 heteroatoms. The fourth-order valence-electron chi connectivity index (χ4n) is 5.91. The lowest BCUT2D eigenvalue weighted by atomic mass is 9.93. The highest BCUT2D eigenvalue weighted by atomic mass is 35.5. The van der Waals surface area contributed by atoms with Crippen molar-refractivity contribution in [2.45, 2.75) is 37.4 Å². The van der Waals surface area contributed by atoms with Crippen molar-refractivity contribution in [1.82, 2.24) is 19.7 Å². The highest BCUT2D eigenvalue weighted by Crippen LogP contribution is 2.28. The number of hydrogen-bond donors (Lipinski definition) is 0. The van der Waals surface area contributed by atoms with E-state index in [1.165, 1.54) is 5.56 Å². The van der Waals surface area contributed by atoms with Gasteiger partial charge in [0, 0.05) is 80.2 Å². The van der Waals surface area contributed by atoms with Crippen LogP contribution in [0.25, 0.3) is 0 Å². The Balaban J connectivity index is 1.28. The number of anilines is 1. The zero-order chi connectivity index (χ0) is 24.2. The van der Waals surface area contributed by atoms with Gasteiger partial charge in [0.2, 0.25) is 0 Å². The molecule has 190 valence electrons. The summed E-state index contributed by atoms with van der Waals surface area (Å²) in [5.41, 5.74) is 1.37. The largest absolute Gasteiger partial charge is 0.379 e. The number of piperidine rings is 1.